The highest BCUT2D eigenvalue weighted by molar-refractivity contribution is 5.98. The van der Waals surface area contributed by atoms with E-state index in [2.05, 4.69) is 33.5 Å². The molecule has 0 spiro atoms. The monoisotopic (exact) mass is 1090 g/mol. The zero-order valence-corrected chi connectivity index (χ0v) is 43.3. The largest absolute Gasteiger partial charge is 0.480 e. The fourth-order valence-electron chi connectivity index (χ4n) is 7.12. The molecule has 0 aromatic rings. The molecular weight excluding hydrogens is 1010 g/mol. The minimum absolute atomic E-state index is 0.121. The molecule has 0 aromatic carbocycles. The van der Waals surface area contributed by atoms with Crippen LogP contribution >= 0.6 is 0 Å². The van der Waals surface area contributed by atoms with Crippen molar-refractivity contribution in [3.63, 3.8) is 0 Å². The normalized spacial score (nSPS) is 14.1. The van der Waals surface area contributed by atoms with Crippen LogP contribution in [0.1, 0.15) is 136 Å². The van der Waals surface area contributed by atoms with Crippen molar-refractivity contribution < 1.29 is 98.6 Å². The van der Waals surface area contributed by atoms with Crippen LogP contribution < -0.4 is 43.0 Å². The molecule has 0 rings (SSSR count). The smallest absolute Gasteiger partial charge is 0.335 e. The number of carbonyl (C=O) groups is 12. The van der Waals surface area contributed by atoms with Gasteiger partial charge in [-0.15, -0.1) is 0 Å². The van der Waals surface area contributed by atoms with Crippen LogP contribution in [0.4, 0.5) is 0 Å². The summed E-state index contributed by atoms with van der Waals surface area (Å²) in [5.74, 6) is -14.7. The van der Waals surface area contributed by atoms with Crippen molar-refractivity contribution in [1.82, 2.24) is 47.3 Å². The number of carboxylic acids is 2. The Morgan fingerprint density at radius 1 is 0.434 bits per heavy atom. The minimum Gasteiger partial charge on any atom is -0.480 e. The molecule has 0 aromatic heterocycles. The molecular formula is C46H80N10O20. The van der Waals surface area contributed by atoms with Crippen LogP contribution in [0.2, 0.25) is 0 Å². The molecule has 30 heteroatoms. The van der Waals surface area contributed by atoms with Gasteiger partial charge in [0.05, 0.1) is 19.8 Å². The molecule has 0 radical (unpaired) electrons. The van der Waals surface area contributed by atoms with Gasteiger partial charge in [0.15, 0.2) is 6.10 Å². The number of aliphatic hydroxyl groups excluding tert-OH is 4. The van der Waals surface area contributed by atoms with Gasteiger partial charge in [-0.2, -0.15) is 0 Å². The molecule has 10 amide bonds. The highest BCUT2D eigenvalue weighted by Gasteiger charge is 2.37. The summed E-state index contributed by atoms with van der Waals surface area (Å²) in [6.45, 7) is -0.126. The second-order valence-corrected chi connectivity index (χ2v) is 17.9. The van der Waals surface area contributed by atoms with Crippen LogP contribution in [0.15, 0.2) is 0 Å². The lowest BCUT2D eigenvalue weighted by atomic mass is 10.0. The van der Waals surface area contributed by atoms with Gasteiger partial charge in [-0.05, 0) is 38.5 Å². The van der Waals surface area contributed by atoms with Gasteiger partial charge in [0, 0.05) is 39.8 Å². The van der Waals surface area contributed by atoms with E-state index in [0.29, 0.717) is 17.9 Å². The summed E-state index contributed by atoms with van der Waals surface area (Å²) in [6.07, 6.45) is 5.82. The van der Waals surface area contributed by atoms with E-state index in [1.54, 1.807) is 0 Å². The summed E-state index contributed by atoms with van der Waals surface area (Å²) in [5.41, 5.74) is 5.27. The molecule has 30 nitrogen and oxygen atoms in total. The predicted molar refractivity (Wildman–Crippen MR) is 262 cm³/mol. The van der Waals surface area contributed by atoms with E-state index in [-0.39, 0.29) is 37.3 Å². The van der Waals surface area contributed by atoms with E-state index >= 15 is 0 Å². The first-order valence-corrected chi connectivity index (χ1v) is 25.1. The highest BCUT2D eigenvalue weighted by atomic mass is 16.5. The predicted octanol–water partition coefficient (Wildman–Crippen LogP) is -4.11. The van der Waals surface area contributed by atoms with Crippen molar-refractivity contribution in [2.75, 3.05) is 32.9 Å². The topological polar surface area (TPSA) is 483 Å². The summed E-state index contributed by atoms with van der Waals surface area (Å²) in [6, 6.07) is -13.3. The number of rotatable bonds is 42. The first-order chi connectivity index (χ1) is 35.8. The van der Waals surface area contributed by atoms with Crippen LogP contribution in [0.25, 0.3) is 0 Å². The van der Waals surface area contributed by atoms with Crippen LogP contribution in [0.3, 0.4) is 0 Å². The van der Waals surface area contributed by atoms with Gasteiger partial charge < -0.3 is 73.6 Å². The molecule has 0 fully saturated rings. The maximum atomic E-state index is 13.8. The van der Waals surface area contributed by atoms with Crippen LogP contribution in [-0.2, 0) is 57.5 Å². The Balaban J connectivity index is 6.14. The van der Waals surface area contributed by atoms with Gasteiger partial charge in [0.25, 0.3) is 0 Å². The highest BCUT2D eigenvalue weighted by Crippen LogP contribution is 2.13. The summed E-state index contributed by atoms with van der Waals surface area (Å²) < 4.78 is 0. The number of hydroxylamine groups is 4. The number of nitrogens with two attached hydrogens (primary N) is 1. The fraction of sp³-hybridized carbons (Fsp3) is 0.739. The van der Waals surface area contributed by atoms with Gasteiger partial charge >= 0.3 is 11.9 Å². The molecule has 0 saturated carbocycles. The van der Waals surface area contributed by atoms with Crippen LogP contribution in [0.5, 0.6) is 0 Å². The Bertz CT molecular complexity index is 1910. The second-order valence-electron chi connectivity index (χ2n) is 17.9. The second kappa shape index (κ2) is 38.9. The Kier molecular flexibility index (Phi) is 35.5. The number of aliphatic carboxylic acids is 2. The van der Waals surface area contributed by atoms with Crippen LogP contribution in [-0.4, -0.2) is 203 Å². The molecule has 76 heavy (non-hydrogen) atoms. The minimum atomic E-state index is -2.53. The average molecular weight is 1090 g/mol. The van der Waals surface area contributed by atoms with Gasteiger partial charge in [-0.1, -0.05) is 71.1 Å². The van der Waals surface area contributed by atoms with Crippen molar-refractivity contribution in [2.45, 2.75) is 185 Å². The molecule has 17 N–H and O–H groups in total. The molecule has 0 saturated heterocycles. The maximum Gasteiger partial charge on any atom is 0.335 e. The van der Waals surface area contributed by atoms with E-state index in [9.17, 15) is 98.6 Å². The number of carbonyl (C=O) groups excluding carboxylic acids is 10. The molecule has 8 atom stereocenters. The Hall–Kier alpha value is -6.60. The number of hydrogen-bond donors (Lipinski definition) is 16. The van der Waals surface area contributed by atoms with Crippen LogP contribution in [0, 0.1) is 0 Å². The van der Waals surface area contributed by atoms with E-state index in [1.165, 1.54) is 19.3 Å². The lowest BCUT2D eigenvalue weighted by molar-refractivity contribution is -0.163. The first-order valence-electron chi connectivity index (χ1n) is 25.1. The van der Waals surface area contributed by atoms with Gasteiger partial charge in [-0.3, -0.25) is 58.4 Å². The Labute approximate surface area is 439 Å². The average Bonchev–Trinajstić information content (AvgIpc) is 3.36. The van der Waals surface area contributed by atoms with Crippen molar-refractivity contribution in [1.29, 1.82) is 0 Å². The van der Waals surface area contributed by atoms with E-state index in [4.69, 9.17) is 5.73 Å². The molecule has 0 heterocycles. The molecule has 0 aliphatic carbocycles. The zero-order valence-electron chi connectivity index (χ0n) is 43.3. The lowest BCUT2D eigenvalue weighted by Crippen LogP contribution is -2.62. The summed E-state index contributed by atoms with van der Waals surface area (Å²) in [7, 11) is 0. The lowest BCUT2D eigenvalue weighted by Gasteiger charge is -2.27. The summed E-state index contributed by atoms with van der Waals surface area (Å²) >= 11 is 0. The summed E-state index contributed by atoms with van der Waals surface area (Å²) in [5, 5.41) is 94.3. The zero-order chi connectivity index (χ0) is 57.9. The number of amides is 10. The van der Waals surface area contributed by atoms with Crippen molar-refractivity contribution >= 4 is 71.0 Å². The Morgan fingerprint density at radius 2 is 0.776 bits per heavy atom. The third-order valence-electron chi connectivity index (χ3n) is 11.6. The number of carboxylic acid groups (broad SMARTS) is 2. The summed E-state index contributed by atoms with van der Waals surface area (Å²) in [4.78, 5) is 151. The number of aliphatic hydroxyl groups is 4. The van der Waals surface area contributed by atoms with E-state index in [1.807, 2.05) is 10.6 Å². The number of primary amides is 1. The first kappa shape index (κ1) is 69.4. The molecule has 0 aliphatic heterocycles. The van der Waals surface area contributed by atoms with Gasteiger partial charge in [-0.25, -0.2) is 19.7 Å². The number of hydrogen-bond acceptors (Lipinski definition) is 18. The van der Waals surface area contributed by atoms with Crippen molar-refractivity contribution in [3.05, 3.63) is 0 Å². The number of nitrogens with one attached hydrogen (secondary N) is 7. The standard InChI is InChI=1S/C46H80N10O20/c1-4-5-6-7-8-9-10-11-12-13-14-19-36(63)54-37(38(64)46(73)74)44(70)53-34(26-59)43(69)52-32(24-57)41(67)49-30(20-21-35(47)62)40(66)48-29(17-15-22-55(75)27(2)60)39(65)51-33(25-58)42(68)50-31(45(71)72)18-16-23-56(76)28(3)61/h29-34,37-38,57-59,64,75-76H,4-26H2,1-3H3,(H2,47,62)(H,48,66)(H,49,67)(H,50,68)(H,51,65)(H,52,69)(H,53,70)(H,54,63)(H,71,72)(H,73,74)/t29-,30-,31-,32+,33+,34-,37+,38-/m0/s1. The number of nitrogens with zero attached hydrogens (tertiary/aromatic N) is 2. The number of unbranched alkanes of at least 4 members (excludes halogenated alkanes) is 10. The van der Waals surface area contributed by atoms with Crippen molar-refractivity contribution in [3.8, 4) is 0 Å². The van der Waals surface area contributed by atoms with Gasteiger partial charge in [0.1, 0.15) is 42.3 Å². The molecule has 0 aliphatic rings. The molecule has 434 valence electrons. The third kappa shape index (κ3) is 28.9. The fourth-order valence-corrected chi connectivity index (χ4v) is 7.12. The quantitative estimate of drug-likeness (QED) is 0.0157. The third-order valence-corrected chi connectivity index (χ3v) is 11.6. The van der Waals surface area contributed by atoms with E-state index < -0.39 is 165 Å². The van der Waals surface area contributed by atoms with Crippen molar-refractivity contribution in [2.24, 2.45) is 5.73 Å². The van der Waals surface area contributed by atoms with E-state index in [0.717, 1.165) is 52.4 Å². The Morgan fingerprint density at radius 3 is 1.14 bits per heavy atom. The maximum absolute atomic E-state index is 13.8. The van der Waals surface area contributed by atoms with Gasteiger partial charge in [0.2, 0.25) is 59.1 Å². The SMILES string of the molecule is CCCCCCCCCCCCCC(=O)N[C@@H](C(=O)N[C@@H](CO)C(=O)N[C@H](CO)C(=O)N[C@@H](CCC(N)=O)C(=O)N[C@@H](CCCN(O)C(C)=O)C(=O)N[C@H](CO)C(=O)N[C@@H](CCCN(O)C(C)=O)C(=O)O)[C@H](O)C(=O)O. The molecule has 0 unspecified atom stereocenters. The molecule has 0 bridgehead atoms.